The number of ether oxygens (including phenoxy) is 2. The number of fused-ring (bicyclic) bond motifs is 2. The molecule has 0 fully saturated rings. The summed E-state index contributed by atoms with van der Waals surface area (Å²) in [5.74, 6) is -0.254. The monoisotopic (exact) mass is 385 g/mol. The first-order valence-electron chi connectivity index (χ1n) is 8.25. The number of anilines is 1. The number of benzene rings is 1. The summed E-state index contributed by atoms with van der Waals surface area (Å²) >= 11 is 1.32. The molecular formula is C18H15N3O5S. The van der Waals surface area contributed by atoms with E-state index >= 15 is 0 Å². The Kier molecular flexibility index (Phi) is 4.59. The van der Waals surface area contributed by atoms with Gasteiger partial charge in [-0.15, -0.1) is 11.3 Å². The second kappa shape index (κ2) is 7.20. The Hall–Kier alpha value is -3.20. The normalized spacial score (nSPS) is 13.8. The Balaban J connectivity index is 1.47. The van der Waals surface area contributed by atoms with Crippen LogP contribution in [0.5, 0.6) is 5.75 Å². The maximum Gasteiger partial charge on any atom is 0.326 e. The van der Waals surface area contributed by atoms with Gasteiger partial charge in [0.15, 0.2) is 4.96 Å². The maximum absolute atomic E-state index is 12.3. The number of hydrogen-bond acceptors (Lipinski definition) is 7. The molecule has 0 N–H and O–H groups in total. The number of thiazole rings is 1. The topological polar surface area (TPSA) is 90.2 Å². The minimum atomic E-state index is -0.590. The van der Waals surface area contributed by atoms with E-state index < -0.39 is 5.97 Å². The molecule has 1 aliphatic heterocycles. The Morgan fingerprint density at radius 1 is 1.30 bits per heavy atom. The van der Waals surface area contributed by atoms with Crippen LogP contribution in [0.4, 0.5) is 5.69 Å². The molecule has 1 amide bonds. The molecule has 1 aromatic carbocycles. The summed E-state index contributed by atoms with van der Waals surface area (Å²) in [4.78, 5) is 42.8. The van der Waals surface area contributed by atoms with Crippen LogP contribution in [0.2, 0.25) is 0 Å². The molecule has 0 saturated heterocycles. The van der Waals surface area contributed by atoms with E-state index in [1.165, 1.54) is 26.7 Å². The minimum Gasteiger partial charge on any atom is -0.491 e. The van der Waals surface area contributed by atoms with Crippen LogP contribution >= 0.6 is 11.3 Å². The van der Waals surface area contributed by atoms with Crippen LogP contribution in [0.3, 0.4) is 0 Å². The number of carbonyl (C=O) groups is 2. The molecule has 4 rings (SSSR count). The predicted molar refractivity (Wildman–Crippen MR) is 98.0 cm³/mol. The number of nitrogens with zero attached hydrogens (tertiary/aromatic N) is 3. The van der Waals surface area contributed by atoms with Crippen molar-refractivity contribution in [3.05, 3.63) is 58.0 Å². The van der Waals surface area contributed by atoms with Gasteiger partial charge in [-0.05, 0) is 12.1 Å². The van der Waals surface area contributed by atoms with Crippen LogP contribution in [0.15, 0.2) is 46.7 Å². The van der Waals surface area contributed by atoms with E-state index in [1.807, 2.05) is 0 Å². The third-order valence-electron chi connectivity index (χ3n) is 4.06. The molecule has 27 heavy (non-hydrogen) atoms. The van der Waals surface area contributed by atoms with E-state index in [2.05, 4.69) is 4.98 Å². The molecule has 138 valence electrons. The molecule has 0 atom stereocenters. The van der Waals surface area contributed by atoms with Crippen molar-refractivity contribution < 1.29 is 19.1 Å². The lowest BCUT2D eigenvalue weighted by atomic mass is 10.2. The third kappa shape index (κ3) is 3.54. The minimum absolute atomic E-state index is 0.136. The summed E-state index contributed by atoms with van der Waals surface area (Å²) in [5, 5.41) is 1.75. The summed E-state index contributed by atoms with van der Waals surface area (Å²) < 4.78 is 12.2. The van der Waals surface area contributed by atoms with Crippen molar-refractivity contribution in [1.29, 1.82) is 0 Å². The fraction of sp³-hybridized carbons (Fsp3) is 0.222. The van der Waals surface area contributed by atoms with E-state index in [4.69, 9.17) is 9.47 Å². The maximum atomic E-state index is 12.3. The third-order valence-corrected chi connectivity index (χ3v) is 4.81. The molecule has 3 heterocycles. The van der Waals surface area contributed by atoms with E-state index in [0.29, 0.717) is 22.1 Å². The molecule has 0 radical (unpaired) electrons. The molecule has 9 heteroatoms. The highest BCUT2D eigenvalue weighted by atomic mass is 32.1. The second-order valence-electron chi connectivity index (χ2n) is 5.85. The van der Waals surface area contributed by atoms with Gasteiger partial charge in [0.2, 0.25) is 5.91 Å². The van der Waals surface area contributed by atoms with Gasteiger partial charge in [0.1, 0.15) is 18.9 Å². The Bertz CT molecular complexity index is 1070. The summed E-state index contributed by atoms with van der Waals surface area (Å²) in [6.45, 7) is -0.113. The lowest BCUT2D eigenvalue weighted by molar-refractivity contribution is -0.144. The number of esters is 1. The molecule has 0 spiro atoms. The zero-order chi connectivity index (χ0) is 18.8. The zero-order valence-corrected chi connectivity index (χ0v) is 15.0. The van der Waals surface area contributed by atoms with Gasteiger partial charge in [-0.25, -0.2) is 4.98 Å². The molecule has 2 aromatic heterocycles. The van der Waals surface area contributed by atoms with Gasteiger partial charge in [-0.1, -0.05) is 12.1 Å². The van der Waals surface area contributed by atoms with E-state index in [9.17, 15) is 14.4 Å². The number of rotatable bonds is 4. The van der Waals surface area contributed by atoms with Crippen LogP contribution in [-0.4, -0.2) is 34.4 Å². The Morgan fingerprint density at radius 3 is 3.04 bits per heavy atom. The van der Waals surface area contributed by atoms with Gasteiger partial charge in [-0.3, -0.25) is 23.7 Å². The number of amides is 1. The molecule has 1 aliphatic rings. The van der Waals surface area contributed by atoms with Gasteiger partial charge in [0.05, 0.1) is 24.4 Å². The zero-order valence-electron chi connectivity index (χ0n) is 14.2. The van der Waals surface area contributed by atoms with Crippen LogP contribution in [0, 0.1) is 0 Å². The average molecular weight is 385 g/mol. The molecule has 3 aromatic rings. The van der Waals surface area contributed by atoms with E-state index in [1.54, 1.807) is 35.8 Å². The average Bonchev–Trinajstić information content (AvgIpc) is 3.08. The van der Waals surface area contributed by atoms with Gasteiger partial charge >= 0.3 is 5.97 Å². The van der Waals surface area contributed by atoms with Crippen molar-refractivity contribution in [1.82, 2.24) is 9.38 Å². The fourth-order valence-electron chi connectivity index (χ4n) is 2.78. The Morgan fingerprint density at radius 2 is 2.15 bits per heavy atom. The highest BCUT2D eigenvalue weighted by Crippen LogP contribution is 2.30. The summed E-state index contributed by atoms with van der Waals surface area (Å²) in [6.07, 6.45) is 1.81. The molecule has 0 saturated carbocycles. The van der Waals surface area contributed by atoms with Crippen molar-refractivity contribution in [2.24, 2.45) is 0 Å². The van der Waals surface area contributed by atoms with Crippen molar-refractivity contribution in [3.63, 3.8) is 0 Å². The quantitative estimate of drug-likeness (QED) is 0.634. The first-order chi connectivity index (χ1) is 13.1. The highest BCUT2D eigenvalue weighted by Gasteiger charge is 2.25. The molecule has 0 aliphatic carbocycles. The van der Waals surface area contributed by atoms with Gasteiger partial charge in [-0.2, -0.15) is 0 Å². The molecular weight excluding hydrogens is 370 g/mol. The Labute approximate surface area is 157 Å². The van der Waals surface area contributed by atoms with E-state index in [0.717, 1.165) is 0 Å². The molecule has 8 nitrogen and oxygen atoms in total. The van der Waals surface area contributed by atoms with Gasteiger partial charge < -0.3 is 9.47 Å². The summed E-state index contributed by atoms with van der Waals surface area (Å²) in [7, 11) is 0. The largest absolute Gasteiger partial charge is 0.491 e. The molecule has 0 bridgehead atoms. The molecule has 0 unspecified atom stereocenters. The summed E-state index contributed by atoms with van der Waals surface area (Å²) in [6, 6.07) is 8.37. The SMILES string of the molecule is O=C(CN1C(=O)CCOc2ccccc21)OCc1cc(=O)n2ccsc2n1. The van der Waals surface area contributed by atoms with Crippen LogP contribution in [-0.2, 0) is 20.9 Å². The van der Waals surface area contributed by atoms with Crippen molar-refractivity contribution in [2.75, 3.05) is 18.1 Å². The van der Waals surface area contributed by atoms with Crippen molar-refractivity contribution >= 4 is 33.9 Å². The number of aromatic nitrogens is 2. The lowest BCUT2D eigenvalue weighted by Gasteiger charge is -2.20. The van der Waals surface area contributed by atoms with Crippen LogP contribution in [0.1, 0.15) is 12.1 Å². The smallest absolute Gasteiger partial charge is 0.326 e. The first-order valence-corrected chi connectivity index (χ1v) is 9.13. The van der Waals surface area contributed by atoms with Crippen LogP contribution in [0.25, 0.3) is 4.96 Å². The van der Waals surface area contributed by atoms with Crippen molar-refractivity contribution in [3.8, 4) is 5.75 Å². The van der Waals surface area contributed by atoms with E-state index in [-0.39, 0.29) is 37.6 Å². The van der Waals surface area contributed by atoms with Gasteiger partial charge in [0.25, 0.3) is 5.56 Å². The fourth-order valence-corrected chi connectivity index (χ4v) is 3.52. The first kappa shape index (κ1) is 17.2. The number of hydrogen-bond donors (Lipinski definition) is 0. The lowest BCUT2D eigenvalue weighted by Crippen LogP contribution is -2.36. The standard InChI is InChI=1S/C18H15N3O5S/c22-15-5-7-25-14-4-2-1-3-13(14)21(15)10-17(24)26-11-12-9-16(23)20-6-8-27-18(20)19-12/h1-4,6,8-9H,5,7,10-11H2. The van der Waals surface area contributed by atoms with Crippen molar-refractivity contribution in [2.45, 2.75) is 13.0 Å². The summed E-state index contributed by atoms with van der Waals surface area (Å²) in [5.41, 5.74) is 0.663. The number of carbonyl (C=O) groups excluding carboxylic acids is 2. The second-order valence-corrected chi connectivity index (χ2v) is 6.72. The number of para-hydroxylation sites is 2. The highest BCUT2D eigenvalue weighted by molar-refractivity contribution is 7.15. The predicted octanol–water partition coefficient (Wildman–Crippen LogP) is 1.61. The van der Waals surface area contributed by atoms with Gasteiger partial charge in [0, 0.05) is 17.6 Å². The van der Waals surface area contributed by atoms with Crippen LogP contribution < -0.4 is 15.2 Å².